The Kier molecular flexibility index (Phi) is 4.51. The fourth-order valence-electron chi connectivity index (χ4n) is 1.79. The van der Waals surface area contributed by atoms with E-state index < -0.39 is 23.7 Å². The normalized spacial score (nSPS) is 13.5. The largest absolute Gasteiger partial charge is 0.419 e. The molecular formula is C13H9BrF4OS. The molecule has 1 atom stereocenters. The van der Waals surface area contributed by atoms with Crippen LogP contribution in [0.25, 0.3) is 0 Å². The highest BCUT2D eigenvalue weighted by Crippen LogP contribution is 2.35. The highest BCUT2D eigenvalue weighted by molar-refractivity contribution is 9.10. The lowest BCUT2D eigenvalue weighted by Gasteiger charge is -2.15. The van der Waals surface area contributed by atoms with Crippen molar-refractivity contribution < 1.29 is 22.7 Å². The SMILES string of the molecule is OC(Cc1cc(Br)cs1)c1cccc(C(F)(F)F)c1F. The maximum absolute atomic E-state index is 13.8. The third-order valence-electron chi connectivity index (χ3n) is 2.71. The van der Waals surface area contributed by atoms with Crippen LogP contribution < -0.4 is 0 Å². The van der Waals surface area contributed by atoms with E-state index in [1.165, 1.54) is 11.3 Å². The van der Waals surface area contributed by atoms with E-state index in [1.54, 1.807) is 11.4 Å². The number of hydrogen-bond donors (Lipinski definition) is 1. The maximum Gasteiger partial charge on any atom is 0.419 e. The second-order valence-corrected chi connectivity index (χ2v) is 6.07. The van der Waals surface area contributed by atoms with Crippen molar-refractivity contribution in [2.75, 3.05) is 0 Å². The van der Waals surface area contributed by atoms with E-state index in [9.17, 15) is 22.7 Å². The first-order chi connectivity index (χ1) is 9.29. The molecule has 0 spiro atoms. The first-order valence-electron chi connectivity index (χ1n) is 5.55. The van der Waals surface area contributed by atoms with Gasteiger partial charge in [-0.3, -0.25) is 0 Å². The minimum Gasteiger partial charge on any atom is -0.388 e. The summed E-state index contributed by atoms with van der Waals surface area (Å²) in [5.41, 5.74) is -1.70. The van der Waals surface area contributed by atoms with Crippen LogP contribution >= 0.6 is 27.3 Å². The molecule has 0 aliphatic heterocycles. The number of thiophene rings is 1. The van der Waals surface area contributed by atoms with Gasteiger partial charge in [-0.05, 0) is 28.1 Å². The number of halogens is 5. The van der Waals surface area contributed by atoms with Gasteiger partial charge in [0.1, 0.15) is 5.82 Å². The molecule has 1 unspecified atom stereocenters. The molecule has 1 N–H and O–H groups in total. The van der Waals surface area contributed by atoms with Gasteiger partial charge < -0.3 is 5.11 Å². The number of rotatable bonds is 3. The number of benzene rings is 1. The zero-order chi connectivity index (χ0) is 14.9. The van der Waals surface area contributed by atoms with E-state index in [-0.39, 0.29) is 12.0 Å². The third kappa shape index (κ3) is 3.39. The molecule has 0 saturated heterocycles. The Balaban J connectivity index is 2.28. The van der Waals surface area contributed by atoms with Crippen molar-refractivity contribution in [2.45, 2.75) is 18.7 Å². The molecule has 0 bridgehead atoms. The topological polar surface area (TPSA) is 20.2 Å². The first-order valence-corrected chi connectivity index (χ1v) is 7.23. The Morgan fingerprint density at radius 3 is 2.55 bits per heavy atom. The minimum absolute atomic E-state index is 0.0640. The molecule has 0 radical (unpaired) electrons. The van der Waals surface area contributed by atoms with E-state index >= 15 is 0 Å². The van der Waals surface area contributed by atoms with Gasteiger partial charge in [0, 0.05) is 26.7 Å². The highest BCUT2D eigenvalue weighted by Gasteiger charge is 2.35. The Morgan fingerprint density at radius 2 is 2.00 bits per heavy atom. The van der Waals surface area contributed by atoms with Gasteiger partial charge in [-0.15, -0.1) is 11.3 Å². The maximum atomic E-state index is 13.8. The molecule has 1 aromatic carbocycles. The minimum atomic E-state index is -4.77. The molecule has 0 aliphatic rings. The Hall–Kier alpha value is -0.920. The molecule has 0 aliphatic carbocycles. The molecule has 2 aromatic rings. The van der Waals surface area contributed by atoms with Crippen LogP contribution in [0.3, 0.4) is 0 Å². The summed E-state index contributed by atoms with van der Waals surface area (Å²) in [5.74, 6) is -1.41. The fourth-order valence-corrected chi connectivity index (χ4v) is 3.28. The summed E-state index contributed by atoms with van der Waals surface area (Å²) >= 11 is 4.57. The van der Waals surface area contributed by atoms with Gasteiger partial charge in [0.25, 0.3) is 0 Å². The molecule has 108 valence electrons. The molecule has 0 saturated carbocycles. The Morgan fingerprint density at radius 1 is 1.30 bits per heavy atom. The van der Waals surface area contributed by atoms with Crippen molar-refractivity contribution >= 4 is 27.3 Å². The Labute approximate surface area is 125 Å². The number of alkyl halides is 3. The lowest BCUT2D eigenvalue weighted by molar-refractivity contribution is -0.140. The van der Waals surface area contributed by atoms with E-state index in [1.807, 2.05) is 0 Å². The summed E-state index contributed by atoms with van der Waals surface area (Å²) in [6.07, 6.45) is -6.02. The van der Waals surface area contributed by atoms with Crippen LogP contribution in [0, 0.1) is 5.82 Å². The van der Waals surface area contributed by atoms with Crippen molar-refractivity contribution in [1.82, 2.24) is 0 Å². The van der Waals surface area contributed by atoms with E-state index in [0.29, 0.717) is 6.07 Å². The van der Waals surface area contributed by atoms with Gasteiger partial charge in [0.15, 0.2) is 0 Å². The second-order valence-electron chi connectivity index (χ2n) is 4.16. The molecule has 7 heteroatoms. The summed E-state index contributed by atoms with van der Waals surface area (Å²) in [7, 11) is 0. The van der Waals surface area contributed by atoms with Crippen LogP contribution in [0.5, 0.6) is 0 Å². The van der Waals surface area contributed by atoms with Crippen LogP contribution in [-0.4, -0.2) is 5.11 Å². The number of aliphatic hydroxyl groups is 1. The van der Waals surface area contributed by atoms with Crippen molar-refractivity contribution in [1.29, 1.82) is 0 Å². The summed E-state index contributed by atoms with van der Waals surface area (Å²) < 4.78 is 52.4. The van der Waals surface area contributed by atoms with Crippen LogP contribution in [0.15, 0.2) is 34.1 Å². The van der Waals surface area contributed by atoms with Gasteiger partial charge in [0.05, 0.1) is 11.7 Å². The van der Waals surface area contributed by atoms with Gasteiger partial charge in [-0.25, -0.2) is 4.39 Å². The quantitative estimate of drug-likeness (QED) is 0.760. The van der Waals surface area contributed by atoms with Crippen molar-refractivity contribution in [2.24, 2.45) is 0 Å². The van der Waals surface area contributed by atoms with Gasteiger partial charge in [0.2, 0.25) is 0 Å². The van der Waals surface area contributed by atoms with Crippen molar-refractivity contribution in [3.8, 4) is 0 Å². The lowest BCUT2D eigenvalue weighted by Crippen LogP contribution is -2.12. The molecular weight excluding hydrogens is 360 g/mol. The summed E-state index contributed by atoms with van der Waals surface area (Å²) in [6.45, 7) is 0. The smallest absolute Gasteiger partial charge is 0.388 e. The standard InChI is InChI=1S/C13H9BrF4OS/c14-7-4-8(20-6-7)5-11(19)9-2-1-3-10(12(9)15)13(16,17)18/h1-4,6,11,19H,5H2. The average molecular weight is 369 g/mol. The van der Waals surface area contributed by atoms with Crippen molar-refractivity contribution in [3.05, 3.63) is 55.9 Å². The highest BCUT2D eigenvalue weighted by atomic mass is 79.9. The number of hydrogen-bond acceptors (Lipinski definition) is 2. The predicted octanol–water partition coefficient (Wildman–Crippen LogP) is 4.94. The molecule has 1 heterocycles. The van der Waals surface area contributed by atoms with Gasteiger partial charge >= 0.3 is 6.18 Å². The molecule has 0 amide bonds. The zero-order valence-corrected chi connectivity index (χ0v) is 12.3. The van der Waals surface area contributed by atoms with Crippen LogP contribution in [0.4, 0.5) is 17.6 Å². The second kappa shape index (κ2) is 5.83. The molecule has 0 fully saturated rings. The van der Waals surface area contributed by atoms with Gasteiger partial charge in [-0.1, -0.05) is 12.1 Å². The monoisotopic (exact) mass is 368 g/mol. The fraction of sp³-hybridized carbons (Fsp3) is 0.231. The zero-order valence-electron chi connectivity index (χ0n) is 9.92. The van der Waals surface area contributed by atoms with Crippen LogP contribution in [0.2, 0.25) is 0 Å². The first kappa shape index (κ1) is 15.5. The summed E-state index contributed by atoms with van der Waals surface area (Å²) in [4.78, 5) is 0.751. The van der Waals surface area contributed by atoms with E-state index in [4.69, 9.17) is 0 Å². The Bertz CT molecular complexity index is 609. The third-order valence-corrected chi connectivity index (χ3v) is 4.43. The average Bonchev–Trinajstić information content (AvgIpc) is 2.73. The molecule has 2 rings (SSSR count). The van der Waals surface area contributed by atoms with Crippen LogP contribution in [-0.2, 0) is 12.6 Å². The van der Waals surface area contributed by atoms with Gasteiger partial charge in [-0.2, -0.15) is 13.2 Å². The lowest BCUT2D eigenvalue weighted by atomic mass is 10.0. The molecule has 1 nitrogen and oxygen atoms in total. The van der Waals surface area contributed by atoms with E-state index in [0.717, 1.165) is 21.5 Å². The summed E-state index contributed by atoms with van der Waals surface area (Å²) in [5, 5.41) is 11.7. The predicted molar refractivity (Wildman–Crippen MR) is 72.1 cm³/mol. The van der Waals surface area contributed by atoms with Crippen molar-refractivity contribution in [3.63, 3.8) is 0 Å². The van der Waals surface area contributed by atoms with Crippen LogP contribution in [0.1, 0.15) is 22.1 Å². The molecule has 20 heavy (non-hydrogen) atoms. The molecule has 1 aromatic heterocycles. The number of aliphatic hydroxyl groups excluding tert-OH is 1. The summed E-state index contributed by atoms with van der Waals surface area (Å²) in [6, 6.07) is 4.65. The van der Waals surface area contributed by atoms with E-state index in [2.05, 4.69) is 15.9 Å².